The predicted molar refractivity (Wildman–Crippen MR) is 116 cm³/mol. The molecule has 2 aromatic carbocycles. The Hall–Kier alpha value is -2.73. The number of rotatable bonds is 8. The van der Waals surface area contributed by atoms with Crippen LogP contribution in [0, 0.1) is 0 Å². The van der Waals surface area contributed by atoms with Gasteiger partial charge in [-0.25, -0.2) is 4.68 Å². The molecule has 0 saturated heterocycles. The van der Waals surface area contributed by atoms with Gasteiger partial charge in [0.15, 0.2) is 6.04 Å². The van der Waals surface area contributed by atoms with Gasteiger partial charge in [0.05, 0.1) is 25.3 Å². The van der Waals surface area contributed by atoms with Gasteiger partial charge in [0.2, 0.25) is 5.82 Å². The molecule has 1 aliphatic rings. The highest BCUT2D eigenvalue weighted by atomic mass is 16.5. The molecular formula is C24H32N5O+. The molecule has 0 amide bonds. The Balaban J connectivity index is 1.77. The molecule has 4 rings (SSSR count). The van der Waals surface area contributed by atoms with E-state index in [0.29, 0.717) is 6.04 Å². The molecule has 158 valence electrons. The molecule has 30 heavy (non-hydrogen) atoms. The molecule has 0 radical (unpaired) electrons. The molecule has 0 aliphatic heterocycles. The van der Waals surface area contributed by atoms with E-state index in [2.05, 4.69) is 69.6 Å². The minimum Gasteiger partial charge on any atom is -0.496 e. The van der Waals surface area contributed by atoms with Gasteiger partial charge >= 0.3 is 0 Å². The molecule has 1 unspecified atom stereocenters. The van der Waals surface area contributed by atoms with Crippen LogP contribution in [0.15, 0.2) is 54.6 Å². The van der Waals surface area contributed by atoms with E-state index < -0.39 is 0 Å². The molecule has 1 heterocycles. The number of hydrogen-bond donors (Lipinski definition) is 1. The van der Waals surface area contributed by atoms with Crippen LogP contribution in [-0.2, 0) is 6.54 Å². The fourth-order valence-corrected chi connectivity index (χ4v) is 4.71. The number of para-hydroxylation sites is 1. The van der Waals surface area contributed by atoms with Crippen molar-refractivity contribution in [3.05, 3.63) is 71.5 Å². The second-order valence-corrected chi connectivity index (χ2v) is 8.12. The zero-order valence-electron chi connectivity index (χ0n) is 18.0. The zero-order valence-corrected chi connectivity index (χ0v) is 18.0. The summed E-state index contributed by atoms with van der Waals surface area (Å²) in [5.41, 5.74) is 2.45. The predicted octanol–water partition coefficient (Wildman–Crippen LogP) is 3.38. The number of benzene rings is 2. The lowest BCUT2D eigenvalue weighted by molar-refractivity contribution is -0.938. The smallest absolute Gasteiger partial charge is 0.214 e. The fraction of sp³-hybridized carbons (Fsp3) is 0.458. The Morgan fingerprint density at radius 2 is 1.77 bits per heavy atom. The van der Waals surface area contributed by atoms with Crippen LogP contribution < -0.4 is 9.64 Å². The molecule has 3 aromatic rings. The number of quaternary nitrogens is 1. The Bertz CT molecular complexity index is 920. The first-order chi connectivity index (χ1) is 14.8. The number of aromatic nitrogens is 4. The molecular weight excluding hydrogens is 374 g/mol. The van der Waals surface area contributed by atoms with Crippen LogP contribution in [0.4, 0.5) is 0 Å². The molecule has 1 N–H and O–H groups in total. The van der Waals surface area contributed by atoms with Crippen molar-refractivity contribution in [3.63, 3.8) is 0 Å². The van der Waals surface area contributed by atoms with Crippen molar-refractivity contribution in [2.24, 2.45) is 0 Å². The normalized spacial score (nSPS) is 16.9. The number of hydrogen-bond acceptors (Lipinski definition) is 4. The van der Waals surface area contributed by atoms with Crippen molar-refractivity contribution in [1.82, 2.24) is 20.2 Å². The highest BCUT2D eigenvalue weighted by Gasteiger charge is 2.35. The van der Waals surface area contributed by atoms with Gasteiger partial charge in [0.25, 0.3) is 0 Å². The van der Waals surface area contributed by atoms with E-state index in [0.717, 1.165) is 43.1 Å². The molecule has 0 bridgehead atoms. The van der Waals surface area contributed by atoms with Gasteiger partial charge in [-0.1, -0.05) is 61.7 Å². The van der Waals surface area contributed by atoms with Crippen LogP contribution in [0.5, 0.6) is 5.75 Å². The lowest BCUT2D eigenvalue weighted by Gasteiger charge is -2.30. The van der Waals surface area contributed by atoms with Crippen LogP contribution in [0.1, 0.15) is 68.1 Å². The highest BCUT2D eigenvalue weighted by molar-refractivity contribution is 5.37. The summed E-state index contributed by atoms with van der Waals surface area (Å²) in [4.78, 5) is 1.40. The van der Waals surface area contributed by atoms with Crippen LogP contribution in [0.3, 0.4) is 0 Å². The van der Waals surface area contributed by atoms with Crippen LogP contribution in [0.2, 0.25) is 0 Å². The van der Waals surface area contributed by atoms with Gasteiger partial charge in [-0.3, -0.25) is 0 Å². The Labute approximate surface area is 178 Å². The van der Waals surface area contributed by atoms with Crippen molar-refractivity contribution >= 4 is 0 Å². The van der Waals surface area contributed by atoms with Gasteiger partial charge in [-0.05, 0) is 42.3 Å². The van der Waals surface area contributed by atoms with Crippen LogP contribution >= 0.6 is 0 Å². The Morgan fingerprint density at radius 3 is 2.50 bits per heavy atom. The summed E-state index contributed by atoms with van der Waals surface area (Å²) in [5.74, 6) is 1.83. The maximum atomic E-state index is 5.76. The molecule has 0 spiro atoms. The van der Waals surface area contributed by atoms with Crippen molar-refractivity contribution in [3.8, 4) is 5.75 Å². The Kier molecular flexibility index (Phi) is 6.74. The number of nitrogens with one attached hydrogen (secondary N) is 1. The molecule has 2 atom stereocenters. The van der Waals surface area contributed by atoms with Crippen molar-refractivity contribution in [1.29, 1.82) is 0 Å². The quantitative estimate of drug-likeness (QED) is 0.623. The first-order valence-corrected chi connectivity index (χ1v) is 11.1. The van der Waals surface area contributed by atoms with Crippen LogP contribution in [0.25, 0.3) is 0 Å². The monoisotopic (exact) mass is 406 g/mol. The van der Waals surface area contributed by atoms with E-state index in [9.17, 15) is 0 Å². The summed E-state index contributed by atoms with van der Waals surface area (Å²) >= 11 is 0. The topological polar surface area (TPSA) is 57.3 Å². The summed E-state index contributed by atoms with van der Waals surface area (Å²) in [6.07, 6.45) is 6.10. The number of nitrogens with zero attached hydrogens (tertiary/aromatic N) is 4. The summed E-state index contributed by atoms with van der Waals surface area (Å²) in [6.45, 7) is 4.09. The lowest BCUT2D eigenvalue weighted by atomic mass is 9.95. The third kappa shape index (κ3) is 4.38. The zero-order chi connectivity index (χ0) is 20.8. The first-order valence-electron chi connectivity index (χ1n) is 11.1. The van der Waals surface area contributed by atoms with Gasteiger partial charge < -0.3 is 9.64 Å². The first kappa shape index (κ1) is 20.5. The molecule has 1 fully saturated rings. The maximum absolute atomic E-state index is 5.76. The third-order valence-corrected chi connectivity index (χ3v) is 6.28. The SMILES string of the molecule is CC[NH+](Cc1ccccc1)[C@H](c1ccccc1OC)c1nnnn1C1CCCCC1. The molecule has 1 aliphatic carbocycles. The highest BCUT2D eigenvalue weighted by Crippen LogP contribution is 2.32. The van der Waals surface area contributed by atoms with Gasteiger partial charge in [0.1, 0.15) is 12.3 Å². The van der Waals surface area contributed by atoms with E-state index in [1.165, 1.54) is 29.7 Å². The largest absolute Gasteiger partial charge is 0.496 e. The molecule has 6 nitrogen and oxygen atoms in total. The maximum Gasteiger partial charge on any atom is 0.214 e. The van der Waals surface area contributed by atoms with Crippen molar-refractivity contribution in [2.45, 2.75) is 57.7 Å². The van der Waals surface area contributed by atoms with E-state index in [1.54, 1.807) is 7.11 Å². The number of tetrazole rings is 1. The second kappa shape index (κ2) is 9.85. The molecule has 1 aromatic heterocycles. The summed E-state index contributed by atoms with van der Waals surface area (Å²) in [7, 11) is 1.74. The van der Waals surface area contributed by atoms with E-state index in [-0.39, 0.29) is 6.04 Å². The fourth-order valence-electron chi connectivity index (χ4n) is 4.71. The van der Waals surface area contributed by atoms with E-state index in [4.69, 9.17) is 4.74 Å². The minimum absolute atomic E-state index is 0.00304. The standard InChI is InChI=1S/C24H31N5O/c1-3-28(18-19-12-6-4-7-13-19)23(21-16-10-11-17-22(21)30-2)24-25-26-27-29(24)20-14-8-5-9-15-20/h4,6-7,10-13,16-17,20,23H,3,5,8-9,14-15,18H2,1-2H3/p+1/t23-/m1/s1. The summed E-state index contributed by atoms with van der Waals surface area (Å²) in [6, 6.07) is 19.3. The van der Waals surface area contributed by atoms with Crippen LogP contribution in [-0.4, -0.2) is 33.9 Å². The lowest BCUT2D eigenvalue weighted by Crippen LogP contribution is -3.11. The number of methoxy groups -OCH3 is 1. The van der Waals surface area contributed by atoms with E-state index in [1.807, 2.05) is 12.1 Å². The number of ether oxygens (including phenoxy) is 1. The van der Waals surface area contributed by atoms with Gasteiger partial charge in [-0.15, -0.1) is 5.10 Å². The van der Waals surface area contributed by atoms with Crippen molar-refractivity contribution < 1.29 is 9.64 Å². The van der Waals surface area contributed by atoms with E-state index >= 15 is 0 Å². The van der Waals surface area contributed by atoms with Crippen molar-refractivity contribution in [2.75, 3.05) is 13.7 Å². The third-order valence-electron chi connectivity index (χ3n) is 6.28. The van der Waals surface area contributed by atoms with Gasteiger partial charge in [0, 0.05) is 5.56 Å². The summed E-state index contributed by atoms with van der Waals surface area (Å²) < 4.78 is 7.87. The Morgan fingerprint density at radius 1 is 1.03 bits per heavy atom. The molecule has 1 saturated carbocycles. The average molecular weight is 407 g/mol. The average Bonchev–Trinajstić information content (AvgIpc) is 3.29. The molecule has 6 heteroatoms. The minimum atomic E-state index is 0.00304. The van der Waals surface area contributed by atoms with Gasteiger partial charge in [-0.2, -0.15) is 0 Å². The summed E-state index contributed by atoms with van der Waals surface area (Å²) in [5, 5.41) is 13.2. The second-order valence-electron chi connectivity index (χ2n) is 8.12.